The van der Waals surface area contributed by atoms with E-state index in [0.717, 1.165) is 31.6 Å². The van der Waals surface area contributed by atoms with Gasteiger partial charge < -0.3 is 15.1 Å². The van der Waals surface area contributed by atoms with E-state index < -0.39 is 5.97 Å². The molecule has 2 N–H and O–H groups in total. The van der Waals surface area contributed by atoms with Crippen LogP contribution in [0, 0.1) is 5.92 Å². The number of benzene rings is 1. The zero-order valence-corrected chi connectivity index (χ0v) is 9.67. The maximum Gasteiger partial charge on any atom is 0.335 e. The minimum absolute atomic E-state index is 0.226. The lowest BCUT2D eigenvalue weighted by Crippen LogP contribution is -2.36. The van der Waals surface area contributed by atoms with Gasteiger partial charge in [-0.2, -0.15) is 0 Å². The molecule has 0 aromatic heterocycles. The molecule has 2 rings (SSSR count). The predicted molar refractivity (Wildman–Crippen MR) is 65.4 cm³/mol. The van der Waals surface area contributed by atoms with E-state index in [0.29, 0.717) is 11.5 Å². The largest absolute Gasteiger partial charge is 0.478 e. The molecule has 1 aromatic rings. The van der Waals surface area contributed by atoms with E-state index in [-0.39, 0.29) is 6.61 Å². The normalized spacial score (nSPS) is 20.3. The molecule has 0 spiro atoms. The molecule has 1 fully saturated rings. The molecule has 1 heterocycles. The van der Waals surface area contributed by atoms with Gasteiger partial charge in [0.25, 0.3) is 0 Å². The molecular weight excluding hydrogens is 218 g/mol. The highest BCUT2D eigenvalue weighted by Crippen LogP contribution is 2.23. The van der Waals surface area contributed by atoms with Crippen LogP contribution in [-0.2, 0) is 0 Å². The fourth-order valence-electron chi connectivity index (χ4n) is 2.26. The summed E-state index contributed by atoms with van der Waals surface area (Å²) in [5, 5.41) is 18.0. The second-order valence-corrected chi connectivity index (χ2v) is 4.49. The minimum atomic E-state index is -0.900. The Hall–Kier alpha value is -1.55. The second-order valence-electron chi connectivity index (χ2n) is 4.49. The number of anilines is 1. The van der Waals surface area contributed by atoms with Crippen LogP contribution in [0.25, 0.3) is 0 Å². The van der Waals surface area contributed by atoms with Gasteiger partial charge in [-0.15, -0.1) is 0 Å². The van der Waals surface area contributed by atoms with Gasteiger partial charge in [0.15, 0.2) is 0 Å². The first-order chi connectivity index (χ1) is 8.20. The number of carboxylic acids is 1. The summed E-state index contributed by atoms with van der Waals surface area (Å²) in [6.45, 7) is 2.05. The van der Waals surface area contributed by atoms with E-state index in [1.807, 2.05) is 12.1 Å². The molecular formula is C13H17NO3. The van der Waals surface area contributed by atoms with Gasteiger partial charge in [-0.3, -0.25) is 0 Å². The van der Waals surface area contributed by atoms with Crippen LogP contribution in [0.15, 0.2) is 24.3 Å². The first kappa shape index (κ1) is 11.9. The predicted octanol–water partition coefficient (Wildman–Crippen LogP) is 1.59. The monoisotopic (exact) mass is 235 g/mol. The Balaban J connectivity index is 2.08. The molecule has 0 amide bonds. The Bertz CT molecular complexity index is 388. The summed E-state index contributed by atoms with van der Waals surface area (Å²) < 4.78 is 0. The van der Waals surface area contributed by atoms with Crippen LogP contribution in [0.2, 0.25) is 0 Å². The summed E-state index contributed by atoms with van der Waals surface area (Å²) in [6, 6.07) is 6.92. The van der Waals surface area contributed by atoms with Crippen molar-refractivity contribution in [2.24, 2.45) is 5.92 Å². The van der Waals surface area contributed by atoms with Crippen molar-refractivity contribution >= 4 is 11.7 Å². The maximum atomic E-state index is 10.7. The quantitative estimate of drug-likeness (QED) is 0.835. The fourth-order valence-corrected chi connectivity index (χ4v) is 2.26. The van der Waals surface area contributed by atoms with Gasteiger partial charge in [-0.1, -0.05) is 0 Å². The van der Waals surface area contributed by atoms with Crippen molar-refractivity contribution in [3.8, 4) is 0 Å². The third kappa shape index (κ3) is 2.77. The van der Waals surface area contributed by atoms with Crippen LogP contribution in [0.3, 0.4) is 0 Å². The zero-order chi connectivity index (χ0) is 12.3. The molecule has 17 heavy (non-hydrogen) atoms. The first-order valence-corrected chi connectivity index (χ1v) is 5.90. The number of aliphatic hydroxyl groups is 1. The van der Waals surface area contributed by atoms with Gasteiger partial charge >= 0.3 is 5.97 Å². The third-order valence-electron chi connectivity index (χ3n) is 3.26. The van der Waals surface area contributed by atoms with Crippen molar-refractivity contribution in [2.75, 3.05) is 24.6 Å². The van der Waals surface area contributed by atoms with Crippen molar-refractivity contribution in [1.82, 2.24) is 0 Å². The van der Waals surface area contributed by atoms with Crippen LogP contribution in [0.5, 0.6) is 0 Å². The molecule has 0 radical (unpaired) electrons. The average Bonchev–Trinajstić information content (AvgIpc) is 2.39. The Morgan fingerprint density at radius 1 is 1.35 bits per heavy atom. The van der Waals surface area contributed by atoms with Crippen LogP contribution in [0.1, 0.15) is 23.2 Å². The Morgan fingerprint density at radius 3 is 2.65 bits per heavy atom. The molecule has 1 aliphatic rings. The number of carbonyl (C=O) groups is 1. The van der Waals surface area contributed by atoms with Crippen LogP contribution in [0.4, 0.5) is 5.69 Å². The van der Waals surface area contributed by atoms with Crippen molar-refractivity contribution in [2.45, 2.75) is 12.8 Å². The lowest BCUT2D eigenvalue weighted by Gasteiger charge is -2.33. The molecule has 0 bridgehead atoms. The number of aliphatic hydroxyl groups excluding tert-OH is 1. The van der Waals surface area contributed by atoms with E-state index in [4.69, 9.17) is 10.2 Å². The van der Waals surface area contributed by atoms with Gasteiger partial charge in [0.05, 0.1) is 5.56 Å². The van der Waals surface area contributed by atoms with E-state index >= 15 is 0 Å². The molecule has 4 nitrogen and oxygen atoms in total. The number of carboxylic acid groups (broad SMARTS) is 1. The van der Waals surface area contributed by atoms with Crippen LogP contribution < -0.4 is 4.90 Å². The zero-order valence-electron chi connectivity index (χ0n) is 9.67. The minimum Gasteiger partial charge on any atom is -0.478 e. The highest BCUT2D eigenvalue weighted by molar-refractivity contribution is 5.88. The summed E-state index contributed by atoms with van der Waals surface area (Å²) in [5.74, 6) is -0.564. The Labute approximate surface area is 100 Å². The maximum absolute atomic E-state index is 10.7. The van der Waals surface area contributed by atoms with Crippen LogP contribution in [-0.4, -0.2) is 35.9 Å². The van der Waals surface area contributed by atoms with Crippen molar-refractivity contribution < 1.29 is 15.0 Å². The number of hydrogen-bond acceptors (Lipinski definition) is 3. The third-order valence-corrected chi connectivity index (χ3v) is 3.26. The van der Waals surface area contributed by atoms with Gasteiger partial charge in [-0.05, 0) is 43.0 Å². The molecule has 4 heteroatoms. The standard InChI is InChI=1S/C13H17NO3/c15-9-10-2-1-7-14(8-10)12-5-3-11(4-6-12)13(16)17/h3-6,10,15H,1-2,7-9H2,(H,16,17). The molecule has 0 saturated carbocycles. The lowest BCUT2D eigenvalue weighted by atomic mass is 9.98. The molecule has 1 atom stereocenters. The number of piperidine rings is 1. The molecule has 0 aliphatic carbocycles. The highest BCUT2D eigenvalue weighted by Gasteiger charge is 2.19. The summed E-state index contributed by atoms with van der Waals surface area (Å²) in [5.41, 5.74) is 1.35. The van der Waals surface area contributed by atoms with Gasteiger partial charge in [0.1, 0.15) is 0 Å². The highest BCUT2D eigenvalue weighted by atomic mass is 16.4. The number of nitrogens with zero attached hydrogens (tertiary/aromatic N) is 1. The average molecular weight is 235 g/mol. The topological polar surface area (TPSA) is 60.8 Å². The van der Waals surface area contributed by atoms with Crippen molar-refractivity contribution in [1.29, 1.82) is 0 Å². The van der Waals surface area contributed by atoms with Crippen molar-refractivity contribution in [3.63, 3.8) is 0 Å². The molecule has 1 saturated heterocycles. The number of hydrogen-bond donors (Lipinski definition) is 2. The number of aromatic carboxylic acids is 1. The summed E-state index contributed by atoms with van der Waals surface area (Å²) >= 11 is 0. The molecule has 92 valence electrons. The SMILES string of the molecule is O=C(O)c1ccc(N2CCCC(CO)C2)cc1. The summed E-state index contributed by atoms with van der Waals surface area (Å²) in [4.78, 5) is 12.9. The van der Waals surface area contributed by atoms with Gasteiger partial charge in [0, 0.05) is 25.4 Å². The first-order valence-electron chi connectivity index (χ1n) is 5.90. The van der Waals surface area contributed by atoms with E-state index in [1.54, 1.807) is 12.1 Å². The second kappa shape index (κ2) is 5.19. The summed E-state index contributed by atoms with van der Waals surface area (Å²) in [7, 11) is 0. The van der Waals surface area contributed by atoms with Crippen LogP contribution >= 0.6 is 0 Å². The molecule has 1 unspecified atom stereocenters. The summed E-state index contributed by atoms with van der Waals surface area (Å²) in [6.07, 6.45) is 2.14. The van der Waals surface area contributed by atoms with E-state index in [1.165, 1.54) is 0 Å². The smallest absolute Gasteiger partial charge is 0.335 e. The van der Waals surface area contributed by atoms with Crippen molar-refractivity contribution in [3.05, 3.63) is 29.8 Å². The Kier molecular flexibility index (Phi) is 3.64. The van der Waals surface area contributed by atoms with E-state index in [9.17, 15) is 4.79 Å². The molecule has 1 aromatic carbocycles. The van der Waals surface area contributed by atoms with Gasteiger partial charge in [0.2, 0.25) is 0 Å². The number of rotatable bonds is 3. The Morgan fingerprint density at radius 2 is 2.06 bits per heavy atom. The van der Waals surface area contributed by atoms with E-state index in [2.05, 4.69) is 4.90 Å². The van der Waals surface area contributed by atoms with Gasteiger partial charge in [-0.25, -0.2) is 4.79 Å². The lowest BCUT2D eigenvalue weighted by molar-refractivity contribution is 0.0697. The molecule has 1 aliphatic heterocycles. The fraction of sp³-hybridized carbons (Fsp3) is 0.462.